The van der Waals surface area contributed by atoms with E-state index < -0.39 is 0 Å². The Morgan fingerprint density at radius 2 is 1.46 bits per heavy atom. The molecule has 0 fully saturated rings. The van der Waals surface area contributed by atoms with Crippen molar-refractivity contribution in [1.29, 1.82) is 0 Å². The van der Waals surface area contributed by atoms with Crippen LogP contribution in [0.15, 0.2) is 72.0 Å². The van der Waals surface area contributed by atoms with Crippen LogP contribution < -0.4 is 10.6 Å². The van der Waals surface area contributed by atoms with Gasteiger partial charge in [-0.2, -0.15) is 5.10 Å². The van der Waals surface area contributed by atoms with Crippen LogP contribution in [0.3, 0.4) is 0 Å². The zero-order valence-electron chi connectivity index (χ0n) is 16.4. The van der Waals surface area contributed by atoms with Crippen LogP contribution in [0, 0.1) is 0 Å². The summed E-state index contributed by atoms with van der Waals surface area (Å²) in [6.07, 6.45) is 4.82. The highest BCUT2D eigenvalue weighted by atomic mass is 127. The molecule has 0 amide bonds. The second-order valence-corrected chi connectivity index (χ2v) is 6.37. The Labute approximate surface area is 184 Å². The number of nitrogens with zero attached hydrogens (tertiary/aromatic N) is 3. The molecule has 6 heteroatoms. The van der Waals surface area contributed by atoms with Gasteiger partial charge >= 0.3 is 0 Å². The van der Waals surface area contributed by atoms with Crippen LogP contribution in [0.4, 0.5) is 0 Å². The monoisotopic (exact) mass is 489 g/mol. The predicted octanol–water partition coefficient (Wildman–Crippen LogP) is 3.98. The third-order valence-electron chi connectivity index (χ3n) is 4.63. The molecule has 0 spiro atoms. The average Bonchev–Trinajstić information content (AvgIpc) is 3.22. The lowest BCUT2D eigenvalue weighted by Gasteiger charge is -2.15. The van der Waals surface area contributed by atoms with E-state index in [9.17, 15) is 0 Å². The number of aromatic nitrogens is 2. The summed E-state index contributed by atoms with van der Waals surface area (Å²) in [4.78, 5) is 4.36. The van der Waals surface area contributed by atoms with E-state index in [1.807, 2.05) is 16.9 Å². The SMILES string of the molecule is CCc1ccccc1CNC(=NC)NCc1ccccc1Cn1cccn1.I. The molecule has 0 radical (unpaired) electrons. The number of aliphatic imine (C=N–C) groups is 1. The molecule has 3 rings (SSSR count). The zero-order chi connectivity index (χ0) is 18.9. The van der Waals surface area contributed by atoms with Crippen LogP contribution in [-0.4, -0.2) is 22.8 Å². The third-order valence-corrected chi connectivity index (χ3v) is 4.63. The van der Waals surface area contributed by atoms with Crippen LogP contribution >= 0.6 is 24.0 Å². The maximum Gasteiger partial charge on any atom is 0.191 e. The Kier molecular flexibility index (Phi) is 9.00. The van der Waals surface area contributed by atoms with Crippen molar-refractivity contribution in [2.45, 2.75) is 33.0 Å². The van der Waals surface area contributed by atoms with Gasteiger partial charge < -0.3 is 10.6 Å². The van der Waals surface area contributed by atoms with Crippen molar-refractivity contribution in [3.63, 3.8) is 0 Å². The second-order valence-electron chi connectivity index (χ2n) is 6.37. The van der Waals surface area contributed by atoms with Gasteiger partial charge in [0.1, 0.15) is 0 Å². The fraction of sp³-hybridized carbons (Fsp3) is 0.273. The van der Waals surface area contributed by atoms with Gasteiger partial charge in [0.25, 0.3) is 0 Å². The number of halogens is 1. The Balaban J connectivity index is 0.00000280. The summed E-state index contributed by atoms with van der Waals surface area (Å²) in [5.41, 5.74) is 5.16. The number of benzene rings is 2. The van der Waals surface area contributed by atoms with Gasteiger partial charge in [0.15, 0.2) is 5.96 Å². The minimum absolute atomic E-state index is 0. The van der Waals surface area contributed by atoms with Crippen molar-refractivity contribution >= 4 is 29.9 Å². The molecule has 2 aromatic carbocycles. The molecule has 0 bridgehead atoms. The van der Waals surface area contributed by atoms with Crippen molar-refractivity contribution in [3.8, 4) is 0 Å². The third kappa shape index (κ3) is 6.09. The first-order valence-corrected chi connectivity index (χ1v) is 9.35. The minimum atomic E-state index is 0. The molecule has 1 aromatic heterocycles. The summed E-state index contributed by atoms with van der Waals surface area (Å²) >= 11 is 0. The molecule has 0 saturated carbocycles. The fourth-order valence-corrected chi connectivity index (χ4v) is 3.11. The number of aryl methyl sites for hydroxylation is 1. The van der Waals surface area contributed by atoms with Crippen LogP contribution in [0.1, 0.15) is 29.2 Å². The molecule has 0 aliphatic heterocycles. The van der Waals surface area contributed by atoms with Gasteiger partial charge in [0, 0.05) is 32.5 Å². The summed E-state index contributed by atoms with van der Waals surface area (Å²) in [6.45, 7) is 4.42. The summed E-state index contributed by atoms with van der Waals surface area (Å²) in [7, 11) is 1.80. The largest absolute Gasteiger partial charge is 0.352 e. The van der Waals surface area contributed by atoms with Crippen LogP contribution in [0.5, 0.6) is 0 Å². The first-order chi connectivity index (χ1) is 13.3. The smallest absolute Gasteiger partial charge is 0.191 e. The molecule has 0 saturated heterocycles. The standard InChI is InChI=1S/C22H27N5.HI/c1-3-18-9-4-5-10-19(18)15-24-22(23-2)25-16-20-11-6-7-12-21(20)17-27-14-8-13-26-27;/h4-14H,3,15-17H2,1-2H3,(H2,23,24,25);1H. The summed E-state index contributed by atoms with van der Waals surface area (Å²) < 4.78 is 1.94. The summed E-state index contributed by atoms with van der Waals surface area (Å²) in [6, 6.07) is 18.9. The molecule has 28 heavy (non-hydrogen) atoms. The van der Waals surface area contributed by atoms with Gasteiger partial charge in [-0.05, 0) is 34.7 Å². The molecule has 3 aromatic rings. The number of hydrogen-bond acceptors (Lipinski definition) is 2. The Morgan fingerprint density at radius 3 is 2.00 bits per heavy atom. The van der Waals surface area contributed by atoms with Crippen molar-refractivity contribution in [2.24, 2.45) is 4.99 Å². The minimum Gasteiger partial charge on any atom is -0.352 e. The van der Waals surface area contributed by atoms with Crippen molar-refractivity contribution in [2.75, 3.05) is 7.05 Å². The molecule has 0 atom stereocenters. The van der Waals surface area contributed by atoms with E-state index in [0.717, 1.165) is 25.5 Å². The van der Waals surface area contributed by atoms with E-state index in [4.69, 9.17) is 0 Å². The number of hydrogen-bond donors (Lipinski definition) is 2. The van der Waals surface area contributed by atoms with E-state index in [2.05, 4.69) is 76.2 Å². The molecule has 1 heterocycles. The lowest BCUT2D eigenvalue weighted by molar-refractivity contribution is 0.677. The molecule has 2 N–H and O–H groups in total. The predicted molar refractivity (Wildman–Crippen MR) is 126 cm³/mol. The highest BCUT2D eigenvalue weighted by molar-refractivity contribution is 14.0. The fourth-order valence-electron chi connectivity index (χ4n) is 3.11. The average molecular weight is 489 g/mol. The molecule has 0 aliphatic rings. The Morgan fingerprint density at radius 1 is 0.893 bits per heavy atom. The zero-order valence-corrected chi connectivity index (χ0v) is 18.8. The van der Waals surface area contributed by atoms with E-state index in [1.54, 1.807) is 13.2 Å². The van der Waals surface area contributed by atoms with Gasteiger partial charge in [0.05, 0.1) is 6.54 Å². The first-order valence-electron chi connectivity index (χ1n) is 9.35. The Hall–Kier alpha value is -2.35. The molecular formula is C22H28IN5. The van der Waals surface area contributed by atoms with Gasteiger partial charge in [-0.1, -0.05) is 55.5 Å². The topological polar surface area (TPSA) is 54.2 Å². The molecule has 148 valence electrons. The second kappa shape index (κ2) is 11.5. The van der Waals surface area contributed by atoms with Gasteiger partial charge in [-0.15, -0.1) is 24.0 Å². The highest BCUT2D eigenvalue weighted by Gasteiger charge is 2.06. The highest BCUT2D eigenvalue weighted by Crippen LogP contribution is 2.11. The van der Waals surface area contributed by atoms with E-state index >= 15 is 0 Å². The molecule has 0 aliphatic carbocycles. The summed E-state index contributed by atoms with van der Waals surface area (Å²) in [5.74, 6) is 0.801. The quantitative estimate of drug-likeness (QED) is 0.300. The lowest BCUT2D eigenvalue weighted by Crippen LogP contribution is -2.36. The van der Waals surface area contributed by atoms with Crippen LogP contribution in [0.25, 0.3) is 0 Å². The van der Waals surface area contributed by atoms with E-state index in [0.29, 0.717) is 6.54 Å². The van der Waals surface area contributed by atoms with Crippen molar-refractivity contribution < 1.29 is 0 Å². The number of rotatable bonds is 7. The normalized spacial score (nSPS) is 11.0. The number of nitrogens with one attached hydrogen (secondary N) is 2. The first kappa shape index (κ1) is 21.9. The lowest BCUT2D eigenvalue weighted by atomic mass is 10.1. The molecule has 5 nitrogen and oxygen atoms in total. The van der Waals surface area contributed by atoms with Gasteiger partial charge in [0.2, 0.25) is 0 Å². The molecule has 0 unspecified atom stereocenters. The van der Waals surface area contributed by atoms with E-state index in [1.165, 1.54) is 22.3 Å². The van der Waals surface area contributed by atoms with Crippen LogP contribution in [-0.2, 0) is 26.1 Å². The van der Waals surface area contributed by atoms with Crippen LogP contribution in [0.2, 0.25) is 0 Å². The Bertz CT molecular complexity index is 874. The van der Waals surface area contributed by atoms with E-state index in [-0.39, 0.29) is 24.0 Å². The van der Waals surface area contributed by atoms with Crippen molar-refractivity contribution in [3.05, 3.63) is 89.2 Å². The van der Waals surface area contributed by atoms with Crippen molar-refractivity contribution in [1.82, 2.24) is 20.4 Å². The maximum atomic E-state index is 4.36. The maximum absolute atomic E-state index is 4.36. The molecular weight excluding hydrogens is 461 g/mol. The van der Waals surface area contributed by atoms with Gasteiger partial charge in [-0.25, -0.2) is 0 Å². The van der Waals surface area contributed by atoms with Gasteiger partial charge in [-0.3, -0.25) is 9.67 Å². The number of guanidine groups is 1. The summed E-state index contributed by atoms with van der Waals surface area (Å²) in [5, 5.41) is 11.1.